The van der Waals surface area contributed by atoms with Gasteiger partial charge in [-0.25, -0.2) is 4.79 Å². The Morgan fingerprint density at radius 3 is 2.32 bits per heavy atom. The highest BCUT2D eigenvalue weighted by Crippen LogP contribution is 2.39. The van der Waals surface area contributed by atoms with E-state index < -0.39 is 45.5 Å². The Labute approximate surface area is 217 Å². The van der Waals surface area contributed by atoms with Crippen LogP contribution in [-0.2, 0) is 15.7 Å². The Bertz CT molecular complexity index is 1480. The molecule has 0 aliphatic heterocycles. The summed E-state index contributed by atoms with van der Waals surface area (Å²) in [4.78, 5) is 34.6. The first-order valence-electron chi connectivity index (χ1n) is 10.4. The second-order valence-corrected chi connectivity index (χ2v) is 7.85. The highest BCUT2D eigenvalue weighted by molar-refractivity contribution is 6.30. The first kappa shape index (κ1) is 27.7. The Kier molecular flexibility index (Phi) is 8.34. The number of anilines is 1. The van der Waals surface area contributed by atoms with Crippen LogP contribution in [0.25, 0.3) is 6.08 Å². The Hall–Kier alpha value is -4.89. The zero-order chi connectivity index (χ0) is 28.0. The number of nitriles is 1. The molecule has 0 unspecified atom stereocenters. The molecule has 0 radical (unpaired) electrons. The van der Waals surface area contributed by atoms with E-state index >= 15 is 0 Å². The highest BCUT2D eigenvalue weighted by Gasteiger charge is 2.33. The van der Waals surface area contributed by atoms with Crippen LogP contribution >= 0.6 is 11.6 Å². The lowest BCUT2D eigenvalue weighted by Gasteiger charge is -2.12. The van der Waals surface area contributed by atoms with Crippen LogP contribution < -0.4 is 10.1 Å². The molecule has 9 nitrogen and oxygen atoms in total. The molecule has 0 heterocycles. The summed E-state index contributed by atoms with van der Waals surface area (Å²) in [5.41, 5.74) is -2.07. The fraction of sp³-hybridized carbons (Fsp3) is 0.0800. The Morgan fingerprint density at radius 1 is 1.08 bits per heavy atom. The number of nitrogens with zero attached hydrogens (tertiary/aromatic N) is 2. The van der Waals surface area contributed by atoms with Gasteiger partial charge in [-0.05, 0) is 60.7 Å². The third kappa shape index (κ3) is 6.65. The fourth-order valence-electron chi connectivity index (χ4n) is 3.08. The van der Waals surface area contributed by atoms with Crippen molar-refractivity contribution in [1.82, 2.24) is 0 Å². The van der Waals surface area contributed by atoms with Gasteiger partial charge in [0.15, 0.2) is 0 Å². The molecule has 0 fully saturated rings. The Morgan fingerprint density at radius 2 is 1.74 bits per heavy atom. The predicted molar refractivity (Wildman–Crippen MR) is 130 cm³/mol. The lowest BCUT2D eigenvalue weighted by atomic mass is 10.1. The minimum Gasteiger partial charge on any atom is -0.465 e. The zero-order valence-electron chi connectivity index (χ0n) is 19.2. The molecular weight excluding hydrogens is 531 g/mol. The standard InChI is InChI=1S/C25H15ClF3N3O6/c1-37-24(34)14-2-6-19(7-3-14)31-23(33)16(13-30)10-15-11-18(26)5-9-21(15)38-22-8-4-17(25(27,28)29)12-20(22)32(35)36/h2-12H,1H3,(H,31,33)/b16-10+. The molecule has 0 saturated heterocycles. The number of halogens is 4. The topological polar surface area (TPSA) is 132 Å². The maximum atomic E-state index is 13.0. The minimum atomic E-state index is -4.81. The van der Waals surface area contributed by atoms with Crippen LogP contribution in [0.1, 0.15) is 21.5 Å². The van der Waals surface area contributed by atoms with Gasteiger partial charge in [0.05, 0.1) is 23.2 Å². The minimum absolute atomic E-state index is 0.0411. The number of carbonyl (C=O) groups excluding carboxylic acids is 2. The number of alkyl halides is 3. The molecule has 0 saturated carbocycles. The van der Waals surface area contributed by atoms with Gasteiger partial charge in [0.25, 0.3) is 5.91 Å². The molecule has 3 rings (SSSR count). The van der Waals surface area contributed by atoms with E-state index in [0.717, 1.165) is 12.1 Å². The number of methoxy groups -OCH3 is 1. The number of hydrogen-bond donors (Lipinski definition) is 1. The number of benzene rings is 3. The number of esters is 1. The first-order chi connectivity index (χ1) is 17.9. The normalized spacial score (nSPS) is 11.3. The van der Waals surface area contributed by atoms with Gasteiger partial charge >= 0.3 is 17.8 Å². The van der Waals surface area contributed by atoms with Gasteiger partial charge in [-0.1, -0.05) is 11.6 Å². The van der Waals surface area contributed by atoms with Crippen molar-refractivity contribution in [2.75, 3.05) is 12.4 Å². The van der Waals surface area contributed by atoms with E-state index in [9.17, 15) is 38.1 Å². The van der Waals surface area contributed by atoms with Crippen LogP contribution in [0.3, 0.4) is 0 Å². The van der Waals surface area contributed by atoms with E-state index in [1.54, 1.807) is 6.07 Å². The van der Waals surface area contributed by atoms with E-state index in [4.69, 9.17) is 16.3 Å². The number of nitro benzene ring substituents is 1. The largest absolute Gasteiger partial charge is 0.465 e. The molecule has 1 amide bonds. The van der Waals surface area contributed by atoms with Crippen molar-refractivity contribution in [2.45, 2.75) is 6.18 Å². The van der Waals surface area contributed by atoms with Gasteiger partial charge < -0.3 is 14.8 Å². The first-order valence-corrected chi connectivity index (χ1v) is 10.7. The predicted octanol–water partition coefficient (Wildman–Crippen LogP) is 6.39. The summed E-state index contributed by atoms with van der Waals surface area (Å²) in [6.07, 6.45) is -3.72. The second kappa shape index (κ2) is 11.4. The van der Waals surface area contributed by atoms with E-state index in [1.165, 1.54) is 49.6 Å². The summed E-state index contributed by atoms with van der Waals surface area (Å²) in [5, 5.41) is 23.6. The van der Waals surface area contributed by atoms with Crippen LogP contribution in [0.15, 0.2) is 66.2 Å². The molecule has 0 aliphatic rings. The van der Waals surface area contributed by atoms with Gasteiger partial charge in [0, 0.05) is 22.3 Å². The SMILES string of the molecule is COC(=O)c1ccc(NC(=O)/C(C#N)=C/c2cc(Cl)ccc2Oc2ccc(C(F)(F)F)cc2[N+](=O)[O-])cc1. The number of rotatable bonds is 7. The number of hydrogen-bond acceptors (Lipinski definition) is 7. The van der Waals surface area contributed by atoms with Crippen molar-refractivity contribution in [3.8, 4) is 17.6 Å². The zero-order valence-corrected chi connectivity index (χ0v) is 20.0. The summed E-state index contributed by atoms with van der Waals surface area (Å²) in [6, 6.07) is 13.0. The summed E-state index contributed by atoms with van der Waals surface area (Å²) in [6.45, 7) is 0. The monoisotopic (exact) mass is 545 g/mol. The number of ether oxygens (including phenoxy) is 2. The van der Waals surface area contributed by atoms with Crippen molar-refractivity contribution < 1.29 is 37.2 Å². The van der Waals surface area contributed by atoms with Gasteiger partial charge in [0.1, 0.15) is 17.4 Å². The van der Waals surface area contributed by atoms with Gasteiger partial charge in [-0.15, -0.1) is 0 Å². The Balaban J connectivity index is 1.93. The van der Waals surface area contributed by atoms with Crippen molar-refractivity contribution in [2.24, 2.45) is 0 Å². The van der Waals surface area contributed by atoms with Crippen molar-refractivity contribution >= 4 is 40.9 Å². The van der Waals surface area contributed by atoms with E-state index in [-0.39, 0.29) is 27.6 Å². The summed E-state index contributed by atoms with van der Waals surface area (Å²) in [5.74, 6) is -2.05. The average Bonchev–Trinajstić information content (AvgIpc) is 2.87. The fourth-order valence-corrected chi connectivity index (χ4v) is 3.26. The van der Waals surface area contributed by atoms with Crippen molar-refractivity contribution in [3.63, 3.8) is 0 Å². The molecule has 0 aromatic heterocycles. The van der Waals surface area contributed by atoms with E-state index in [2.05, 4.69) is 10.1 Å². The quantitative estimate of drug-likeness (QED) is 0.120. The van der Waals surface area contributed by atoms with E-state index in [1.807, 2.05) is 0 Å². The van der Waals surface area contributed by atoms with Crippen molar-refractivity contribution in [3.05, 3.63) is 98.1 Å². The van der Waals surface area contributed by atoms with Crippen LogP contribution in [0.2, 0.25) is 5.02 Å². The molecule has 194 valence electrons. The second-order valence-electron chi connectivity index (χ2n) is 7.41. The molecule has 1 N–H and O–H groups in total. The third-order valence-corrected chi connectivity index (χ3v) is 5.14. The van der Waals surface area contributed by atoms with Crippen LogP contribution in [0.5, 0.6) is 11.5 Å². The molecule has 3 aromatic carbocycles. The maximum Gasteiger partial charge on any atom is 0.416 e. The van der Waals surface area contributed by atoms with E-state index in [0.29, 0.717) is 12.1 Å². The number of nitro groups is 1. The molecule has 13 heteroatoms. The highest BCUT2D eigenvalue weighted by atomic mass is 35.5. The van der Waals surface area contributed by atoms with Crippen LogP contribution in [0, 0.1) is 21.4 Å². The summed E-state index contributed by atoms with van der Waals surface area (Å²) in [7, 11) is 1.21. The maximum absolute atomic E-state index is 13.0. The molecule has 0 bridgehead atoms. The van der Waals surface area contributed by atoms with Crippen LogP contribution in [0.4, 0.5) is 24.5 Å². The lowest BCUT2D eigenvalue weighted by Crippen LogP contribution is -2.13. The smallest absolute Gasteiger partial charge is 0.416 e. The molecule has 0 spiro atoms. The average molecular weight is 546 g/mol. The molecule has 3 aromatic rings. The van der Waals surface area contributed by atoms with Gasteiger partial charge in [-0.2, -0.15) is 18.4 Å². The number of amides is 1. The van der Waals surface area contributed by atoms with Crippen LogP contribution in [-0.4, -0.2) is 23.9 Å². The molecule has 38 heavy (non-hydrogen) atoms. The number of nitrogens with one attached hydrogen (secondary N) is 1. The van der Waals surface area contributed by atoms with Gasteiger partial charge in [0.2, 0.25) is 5.75 Å². The third-order valence-electron chi connectivity index (χ3n) is 4.90. The molecule has 0 aliphatic carbocycles. The lowest BCUT2D eigenvalue weighted by molar-refractivity contribution is -0.385. The molecule has 0 atom stereocenters. The summed E-state index contributed by atoms with van der Waals surface area (Å²) < 4.78 is 49.1. The molecular formula is C25H15ClF3N3O6. The number of carbonyl (C=O) groups is 2. The summed E-state index contributed by atoms with van der Waals surface area (Å²) >= 11 is 6.02. The van der Waals surface area contributed by atoms with Crippen molar-refractivity contribution in [1.29, 1.82) is 5.26 Å². The van der Waals surface area contributed by atoms with Gasteiger partial charge in [-0.3, -0.25) is 14.9 Å².